The fourth-order valence-electron chi connectivity index (χ4n) is 2.82. The molecule has 0 atom stereocenters. The van der Waals surface area contributed by atoms with Crippen LogP contribution in [0, 0.1) is 0 Å². The van der Waals surface area contributed by atoms with E-state index in [1.165, 1.54) is 12.1 Å². The number of aryl methyl sites for hydroxylation is 1. The molecule has 2 aromatic carbocycles. The van der Waals surface area contributed by atoms with Gasteiger partial charge in [0, 0.05) is 12.6 Å². The van der Waals surface area contributed by atoms with Crippen molar-refractivity contribution >= 4 is 17.0 Å². The third-order valence-electron chi connectivity index (χ3n) is 4.02. The fraction of sp³-hybridized carbons (Fsp3) is 0.0556. The number of aromatic hydroxyl groups is 1. The smallest absolute Gasteiger partial charge is 0.335 e. The minimum absolute atomic E-state index is 0.0196. The van der Waals surface area contributed by atoms with Crippen LogP contribution in [-0.2, 0) is 7.05 Å². The van der Waals surface area contributed by atoms with Gasteiger partial charge < -0.3 is 15.2 Å². The summed E-state index contributed by atoms with van der Waals surface area (Å²) < 4.78 is 1.55. The van der Waals surface area contributed by atoms with E-state index in [9.17, 15) is 9.90 Å². The van der Waals surface area contributed by atoms with Crippen molar-refractivity contribution in [1.29, 1.82) is 0 Å². The number of nitrogens with zero attached hydrogens (tertiary/aromatic N) is 3. The van der Waals surface area contributed by atoms with Crippen molar-refractivity contribution in [2.75, 3.05) is 0 Å². The van der Waals surface area contributed by atoms with Crippen molar-refractivity contribution in [1.82, 2.24) is 19.7 Å². The van der Waals surface area contributed by atoms with Gasteiger partial charge in [-0.25, -0.2) is 9.78 Å². The number of fused-ring (bicyclic) bond motifs is 1. The maximum absolute atomic E-state index is 11.1. The Labute approximate surface area is 142 Å². The summed E-state index contributed by atoms with van der Waals surface area (Å²) >= 11 is 0. The van der Waals surface area contributed by atoms with E-state index in [1.807, 2.05) is 30.3 Å². The number of rotatable bonds is 3. The van der Waals surface area contributed by atoms with Crippen molar-refractivity contribution in [2.45, 2.75) is 0 Å². The van der Waals surface area contributed by atoms with Gasteiger partial charge in [0.05, 0.1) is 16.6 Å². The maximum Gasteiger partial charge on any atom is 0.335 e. The summed E-state index contributed by atoms with van der Waals surface area (Å²) in [5, 5.41) is 24.1. The van der Waals surface area contributed by atoms with E-state index in [4.69, 9.17) is 5.11 Å². The molecular formula is C18H14N4O3. The molecule has 0 bridgehead atoms. The zero-order chi connectivity index (χ0) is 17.6. The summed E-state index contributed by atoms with van der Waals surface area (Å²) in [6.45, 7) is 0. The Morgan fingerprint density at radius 3 is 2.64 bits per heavy atom. The Bertz CT molecular complexity index is 1100. The van der Waals surface area contributed by atoms with E-state index in [0.29, 0.717) is 28.2 Å². The van der Waals surface area contributed by atoms with E-state index in [1.54, 1.807) is 17.8 Å². The molecule has 7 heteroatoms. The average molecular weight is 334 g/mol. The lowest BCUT2D eigenvalue weighted by molar-refractivity contribution is 0.0697. The Morgan fingerprint density at radius 2 is 1.92 bits per heavy atom. The summed E-state index contributed by atoms with van der Waals surface area (Å²) in [5.74, 6) is -0.564. The van der Waals surface area contributed by atoms with Crippen LogP contribution < -0.4 is 0 Å². The summed E-state index contributed by atoms with van der Waals surface area (Å²) in [6.07, 6.45) is 0. The van der Waals surface area contributed by atoms with Gasteiger partial charge in [0.25, 0.3) is 0 Å². The van der Waals surface area contributed by atoms with E-state index < -0.39 is 5.97 Å². The molecule has 0 saturated carbocycles. The highest BCUT2D eigenvalue weighted by Gasteiger charge is 2.21. The molecule has 0 fully saturated rings. The second kappa shape index (κ2) is 5.48. The lowest BCUT2D eigenvalue weighted by Gasteiger charge is -1.98. The Balaban J connectivity index is 1.86. The van der Waals surface area contributed by atoms with Gasteiger partial charge in [-0.2, -0.15) is 5.10 Å². The van der Waals surface area contributed by atoms with Crippen molar-refractivity contribution in [2.24, 2.45) is 7.05 Å². The highest BCUT2D eigenvalue weighted by atomic mass is 16.4. The predicted molar refractivity (Wildman–Crippen MR) is 92.4 cm³/mol. The first kappa shape index (κ1) is 14.9. The van der Waals surface area contributed by atoms with Gasteiger partial charge in [-0.1, -0.05) is 30.3 Å². The third-order valence-corrected chi connectivity index (χ3v) is 4.02. The van der Waals surface area contributed by atoms with Crippen LogP contribution in [0.25, 0.3) is 33.8 Å². The first-order valence-electron chi connectivity index (χ1n) is 7.59. The normalized spacial score (nSPS) is 11.1. The molecule has 4 aromatic rings. The van der Waals surface area contributed by atoms with E-state index in [-0.39, 0.29) is 11.3 Å². The molecular weight excluding hydrogens is 320 g/mol. The van der Waals surface area contributed by atoms with Crippen LogP contribution >= 0.6 is 0 Å². The van der Waals surface area contributed by atoms with Gasteiger partial charge in [-0.05, 0) is 18.2 Å². The largest absolute Gasteiger partial charge is 0.504 e. The standard InChI is InChI=1S/C18H14N4O3/c1-22-15(16(23)14(21-22)10-5-3-2-4-6-10)17-19-12-8-7-11(18(24)25)9-13(12)20-17/h2-9,23H,1H3,(H,19,20)(H,24,25). The molecule has 0 amide bonds. The van der Waals surface area contributed by atoms with Crippen LogP contribution in [0.4, 0.5) is 0 Å². The monoisotopic (exact) mass is 334 g/mol. The Kier molecular flexibility index (Phi) is 3.28. The second-order valence-corrected chi connectivity index (χ2v) is 5.66. The fourth-order valence-corrected chi connectivity index (χ4v) is 2.82. The first-order valence-corrected chi connectivity index (χ1v) is 7.59. The number of imidazole rings is 1. The van der Waals surface area contributed by atoms with Gasteiger partial charge in [-0.3, -0.25) is 4.68 Å². The summed E-state index contributed by atoms with van der Waals surface area (Å²) in [5.41, 5.74) is 3.06. The maximum atomic E-state index is 11.1. The molecule has 0 saturated heterocycles. The van der Waals surface area contributed by atoms with Crippen LogP contribution in [0.2, 0.25) is 0 Å². The minimum atomic E-state index is -1.01. The van der Waals surface area contributed by atoms with Crippen LogP contribution in [0.5, 0.6) is 5.75 Å². The molecule has 4 rings (SSSR count). The van der Waals surface area contributed by atoms with Crippen molar-refractivity contribution in [3.05, 3.63) is 54.1 Å². The van der Waals surface area contributed by atoms with Gasteiger partial charge in [-0.15, -0.1) is 0 Å². The number of hydrogen-bond acceptors (Lipinski definition) is 4. The molecule has 0 aliphatic heterocycles. The van der Waals surface area contributed by atoms with Crippen molar-refractivity contribution in [3.8, 4) is 28.5 Å². The summed E-state index contributed by atoms with van der Waals surface area (Å²) in [6, 6.07) is 14.0. The average Bonchev–Trinajstić information content (AvgIpc) is 3.15. The van der Waals surface area contributed by atoms with Crippen molar-refractivity contribution in [3.63, 3.8) is 0 Å². The Morgan fingerprint density at radius 1 is 1.16 bits per heavy atom. The third kappa shape index (κ3) is 2.42. The highest BCUT2D eigenvalue weighted by Crippen LogP contribution is 2.36. The first-order chi connectivity index (χ1) is 12.0. The van der Waals surface area contributed by atoms with E-state index in [2.05, 4.69) is 15.1 Å². The molecule has 3 N–H and O–H groups in total. The number of nitrogens with one attached hydrogen (secondary N) is 1. The number of carboxylic acid groups (broad SMARTS) is 1. The van der Waals surface area contributed by atoms with E-state index >= 15 is 0 Å². The lowest BCUT2D eigenvalue weighted by atomic mass is 10.1. The second-order valence-electron chi connectivity index (χ2n) is 5.66. The van der Waals surface area contributed by atoms with Gasteiger partial charge in [0.2, 0.25) is 0 Å². The predicted octanol–water partition coefficient (Wildman–Crippen LogP) is 3.03. The number of aromatic nitrogens is 4. The number of carboxylic acids is 1. The van der Waals surface area contributed by atoms with Crippen LogP contribution in [0.1, 0.15) is 10.4 Å². The number of carbonyl (C=O) groups is 1. The molecule has 0 unspecified atom stereocenters. The minimum Gasteiger partial charge on any atom is -0.504 e. The summed E-state index contributed by atoms with van der Waals surface area (Å²) in [7, 11) is 1.72. The zero-order valence-electron chi connectivity index (χ0n) is 13.3. The highest BCUT2D eigenvalue weighted by molar-refractivity contribution is 5.93. The number of H-pyrrole nitrogens is 1. The molecule has 2 aromatic heterocycles. The van der Waals surface area contributed by atoms with Crippen LogP contribution in [0.15, 0.2) is 48.5 Å². The number of hydrogen-bond donors (Lipinski definition) is 3. The molecule has 0 aliphatic rings. The molecule has 0 aliphatic carbocycles. The molecule has 2 heterocycles. The van der Waals surface area contributed by atoms with Gasteiger partial charge >= 0.3 is 5.97 Å². The quantitative estimate of drug-likeness (QED) is 0.534. The molecule has 0 spiro atoms. The molecule has 7 nitrogen and oxygen atoms in total. The van der Waals surface area contributed by atoms with E-state index in [0.717, 1.165) is 5.56 Å². The number of benzene rings is 2. The molecule has 124 valence electrons. The van der Waals surface area contributed by atoms with Crippen molar-refractivity contribution < 1.29 is 15.0 Å². The molecule has 25 heavy (non-hydrogen) atoms. The molecule has 0 radical (unpaired) electrons. The van der Waals surface area contributed by atoms with Crippen LogP contribution in [0.3, 0.4) is 0 Å². The lowest BCUT2D eigenvalue weighted by Crippen LogP contribution is -1.95. The van der Waals surface area contributed by atoms with Crippen LogP contribution in [-0.4, -0.2) is 35.9 Å². The topological polar surface area (TPSA) is 104 Å². The zero-order valence-corrected chi connectivity index (χ0v) is 13.3. The van der Waals surface area contributed by atoms with Gasteiger partial charge in [0.1, 0.15) is 11.4 Å². The number of aromatic amines is 1. The SMILES string of the molecule is Cn1nc(-c2ccccc2)c(O)c1-c1nc2ccc(C(=O)O)cc2[nH]1. The van der Waals surface area contributed by atoms with Gasteiger partial charge in [0.15, 0.2) is 11.6 Å². The Hall–Kier alpha value is -3.61. The summed E-state index contributed by atoms with van der Waals surface area (Å²) in [4.78, 5) is 18.6. The number of aromatic carboxylic acids is 1.